The predicted molar refractivity (Wildman–Crippen MR) is 83.5 cm³/mol. The fraction of sp³-hybridized carbons (Fsp3) is 0.278. The van der Waals surface area contributed by atoms with E-state index in [0.29, 0.717) is 23.5 Å². The maximum absolute atomic E-state index is 12.4. The largest absolute Gasteiger partial charge is 0.493 e. The van der Waals surface area contributed by atoms with Crippen LogP contribution in [0.2, 0.25) is 0 Å². The molecule has 0 saturated heterocycles. The highest BCUT2D eigenvalue weighted by atomic mass is 16.5. The Bertz CT molecular complexity index is 639. The molecule has 0 N–H and O–H groups in total. The lowest BCUT2D eigenvalue weighted by Crippen LogP contribution is -2.05. The fourth-order valence-electron chi connectivity index (χ4n) is 2.47. The maximum atomic E-state index is 12.4. The molecule has 0 heterocycles. The van der Waals surface area contributed by atoms with Crippen LogP contribution in [0.3, 0.4) is 0 Å². The summed E-state index contributed by atoms with van der Waals surface area (Å²) in [6.07, 6.45) is 0.387. The van der Waals surface area contributed by atoms with Gasteiger partial charge >= 0.3 is 0 Å². The molecule has 0 aromatic heterocycles. The van der Waals surface area contributed by atoms with Gasteiger partial charge in [-0.1, -0.05) is 29.3 Å². The van der Waals surface area contributed by atoms with Crippen LogP contribution < -0.4 is 9.47 Å². The van der Waals surface area contributed by atoms with E-state index in [1.54, 1.807) is 32.4 Å². The van der Waals surface area contributed by atoms with Crippen LogP contribution in [0.1, 0.15) is 27.0 Å². The number of ether oxygens (including phenoxy) is 2. The van der Waals surface area contributed by atoms with Crippen LogP contribution in [0, 0.1) is 13.8 Å². The van der Waals surface area contributed by atoms with Crippen molar-refractivity contribution in [1.29, 1.82) is 0 Å². The Morgan fingerprint density at radius 2 is 1.52 bits per heavy atom. The first-order chi connectivity index (χ1) is 10.0. The van der Waals surface area contributed by atoms with Crippen molar-refractivity contribution in [2.24, 2.45) is 0 Å². The molecule has 0 spiro atoms. The van der Waals surface area contributed by atoms with Crippen molar-refractivity contribution >= 4 is 5.78 Å². The van der Waals surface area contributed by atoms with Gasteiger partial charge in [0.05, 0.1) is 14.2 Å². The lowest BCUT2D eigenvalue weighted by atomic mass is 9.99. The second-order valence-electron chi connectivity index (χ2n) is 5.17. The average molecular weight is 284 g/mol. The number of carbonyl (C=O) groups is 1. The summed E-state index contributed by atoms with van der Waals surface area (Å²) in [5.41, 5.74) is 4.01. The van der Waals surface area contributed by atoms with Crippen molar-refractivity contribution in [2.45, 2.75) is 20.3 Å². The lowest BCUT2D eigenvalue weighted by Gasteiger charge is -2.09. The van der Waals surface area contributed by atoms with Crippen molar-refractivity contribution < 1.29 is 14.3 Å². The zero-order valence-electron chi connectivity index (χ0n) is 12.9. The quantitative estimate of drug-likeness (QED) is 0.784. The second-order valence-corrected chi connectivity index (χ2v) is 5.17. The first-order valence-electron chi connectivity index (χ1n) is 6.86. The van der Waals surface area contributed by atoms with Gasteiger partial charge in [0.25, 0.3) is 0 Å². The van der Waals surface area contributed by atoms with E-state index in [0.717, 1.165) is 5.56 Å². The van der Waals surface area contributed by atoms with Gasteiger partial charge in [-0.2, -0.15) is 0 Å². The van der Waals surface area contributed by atoms with Gasteiger partial charge < -0.3 is 9.47 Å². The van der Waals surface area contributed by atoms with E-state index in [4.69, 9.17) is 9.47 Å². The lowest BCUT2D eigenvalue weighted by molar-refractivity contribution is 0.0992. The van der Waals surface area contributed by atoms with E-state index in [9.17, 15) is 4.79 Å². The number of hydrogen-bond acceptors (Lipinski definition) is 3. The van der Waals surface area contributed by atoms with E-state index in [2.05, 4.69) is 6.07 Å². The molecule has 0 saturated carbocycles. The first-order valence-corrected chi connectivity index (χ1v) is 6.86. The molecule has 3 nitrogen and oxygen atoms in total. The van der Waals surface area contributed by atoms with Crippen LogP contribution >= 0.6 is 0 Å². The predicted octanol–water partition coefficient (Wildman–Crippen LogP) is 3.75. The number of carbonyl (C=O) groups excluding carboxylic acids is 1. The molecule has 3 heteroatoms. The number of ketones is 1. The molecule has 0 atom stereocenters. The molecule has 0 aliphatic carbocycles. The zero-order valence-corrected chi connectivity index (χ0v) is 12.9. The molecular weight excluding hydrogens is 264 g/mol. The molecule has 2 aromatic carbocycles. The van der Waals surface area contributed by atoms with Gasteiger partial charge in [-0.25, -0.2) is 0 Å². The van der Waals surface area contributed by atoms with Crippen LogP contribution in [0.5, 0.6) is 11.5 Å². The Kier molecular flexibility index (Phi) is 4.63. The number of methoxy groups -OCH3 is 2. The highest BCUT2D eigenvalue weighted by Gasteiger charge is 2.11. The van der Waals surface area contributed by atoms with Gasteiger partial charge in [0, 0.05) is 12.0 Å². The van der Waals surface area contributed by atoms with E-state index < -0.39 is 0 Å². The summed E-state index contributed by atoms with van der Waals surface area (Å²) in [6, 6.07) is 11.4. The second kappa shape index (κ2) is 6.44. The highest BCUT2D eigenvalue weighted by molar-refractivity contribution is 5.98. The monoisotopic (exact) mass is 284 g/mol. The van der Waals surface area contributed by atoms with E-state index >= 15 is 0 Å². The summed E-state index contributed by atoms with van der Waals surface area (Å²) < 4.78 is 10.4. The van der Waals surface area contributed by atoms with Gasteiger partial charge in [-0.05, 0) is 37.6 Å². The third-order valence-corrected chi connectivity index (χ3v) is 3.35. The zero-order chi connectivity index (χ0) is 15.4. The topological polar surface area (TPSA) is 35.5 Å². The third-order valence-electron chi connectivity index (χ3n) is 3.35. The minimum absolute atomic E-state index is 0.0703. The number of aryl methyl sites for hydroxylation is 2. The molecule has 0 aliphatic rings. The van der Waals surface area contributed by atoms with Crippen LogP contribution in [0.4, 0.5) is 0 Å². The summed E-state index contributed by atoms with van der Waals surface area (Å²) in [7, 11) is 3.14. The third kappa shape index (κ3) is 3.63. The standard InChI is InChI=1S/C18H20O3/c1-12-7-13(2)9-14(8-12)10-16(19)15-5-6-17(20-3)18(11-15)21-4/h5-9,11H,10H2,1-4H3. The van der Waals surface area contributed by atoms with Gasteiger partial charge in [-0.3, -0.25) is 4.79 Å². The van der Waals surface area contributed by atoms with Crippen LogP contribution in [0.15, 0.2) is 36.4 Å². The Morgan fingerprint density at radius 3 is 2.10 bits per heavy atom. The van der Waals surface area contributed by atoms with Gasteiger partial charge in [-0.15, -0.1) is 0 Å². The summed E-state index contributed by atoms with van der Waals surface area (Å²) >= 11 is 0. The number of Topliss-reactive ketones (excluding diaryl/α,β-unsaturated/α-hetero) is 1. The molecule has 0 amide bonds. The van der Waals surface area contributed by atoms with Crippen LogP contribution in [0.25, 0.3) is 0 Å². The van der Waals surface area contributed by atoms with Gasteiger partial charge in [0.1, 0.15) is 0 Å². The molecule has 0 radical (unpaired) electrons. The van der Waals surface area contributed by atoms with Crippen molar-refractivity contribution in [3.05, 3.63) is 58.7 Å². The Balaban J connectivity index is 2.24. The Morgan fingerprint density at radius 1 is 0.905 bits per heavy atom. The minimum Gasteiger partial charge on any atom is -0.493 e. The summed E-state index contributed by atoms with van der Waals surface area (Å²) in [5.74, 6) is 1.27. The van der Waals surface area contributed by atoms with E-state index in [1.165, 1.54) is 11.1 Å². The number of rotatable bonds is 5. The Hall–Kier alpha value is -2.29. The van der Waals surface area contributed by atoms with E-state index in [1.807, 2.05) is 26.0 Å². The molecular formula is C18H20O3. The number of benzene rings is 2. The molecule has 0 unspecified atom stereocenters. The van der Waals surface area contributed by atoms with Crippen molar-refractivity contribution in [3.63, 3.8) is 0 Å². The SMILES string of the molecule is COc1ccc(C(=O)Cc2cc(C)cc(C)c2)cc1OC. The van der Waals surface area contributed by atoms with Gasteiger partial charge in [0.15, 0.2) is 17.3 Å². The summed E-state index contributed by atoms with van der Waals surface area (Å²) in [5, 5.41) is 0. The Labute approximate surface area is 125 Å². The normalized spacial score (nSPS) is 10.3. The van der Waals surface area contributed by atoms with Gasteiger partial charge in [0.2, 0.25) is 0 Å². The van der Waals surface area contributed by atoms with Crippen molar-refractivity contribution in [2.75, 3.05) is 14.2 Å². The molecule has 0 bridgehead atoms. The molecule has 2 aromatic rings. The number of hydrogen-bond donors (Lipinski definition) is 0. The summed E-state index contributed by atoms with van der Waals surface area (Å²) in [6.45, 7) is 4.08. The molecule has 0 fully saturated rings. The summed E-state index contributed by atoms with van der Waals surface area (Å²) in [4.78, 5) is 12.4. The fourth-order valence-corrected chi connectivity index (χ4v) is 2.47. The van der Waals surface area contributed by atoms with Crippen LogP contribution in [-0.2, 0) is 6.42 Å². The average Bonchev–Trinajstić information content (AvgIpc) is 2.45. The van der Waals surface area contributed by atoms with Crippen LogP contribution in [-0.4, -0.2) is 20.0 Å². The van der Waals surface area contributed by atoms with Crippen molar-refractivity contribution in [3.8, 4) is 11.5 Å². The first kappa shape index (κ1) is 15.1. The van der Waals surface area contributed by atoms with Crippen molar-refractivity contribution in [1.82, 2.24) is 0 Å². The minimum atomic E-state index is 0.0703. The van der Waals surface area contributed by atoms with E-state index in [-0.39, 0.29) is 5.78 Å². The molecule has 21 heavy (non-hydrogen) atoms. The molecule has 0 aliphatic heterocycles. The molecule has 2 rings (SSSR count). The smallest absolute Gasteiger partial charge is 0.167 e. The highest BCUT2D eigenvalue weighted by Crippen LogP contribution is 2.28. The maximum Gasteiger partial charge on any atom is 0.167 e. The molecule has 110 valence electrons.